The van der Waals surface area contributed by atoms with Crippen LogP contribution in [0.4, 0.5) is 5.69 Å². The van der Waals surface area contributed by atoms with Gasteiger partial charge in [-0.1, -0.05) is 35.9 Å². The predicted octanol–water partition coefficient (Wildman–Crippen LogP) is 3.11. The van der Waals surface area contributed by atoms with Crippen LogP contribution in [0.5, 0.6) is 0 Å². The first kappa shape index (κ1) is 14.8. The molecule has 0 fully saturated rings. The number of nitrogens with zero attached hydrogens (tertiary/aromatic N) is 1. The number of halogens is 1. The number of fused-ring (bicyclic) bond motifs is 1. The zero-order chi connectivity index (χ0) is 16.4. The van der Waals surface area contributed by atoms with E-state index in [-0.39, 0.29) is 22.9 Å². The van der Waals surface area contributed by atoms with E-state index >= 15 is 0 Å². The Morgan fingerprint density at radius 2 is 1.87 bits per heavy atom. The molecule has 0 spiro atoms. The number of hydrogen-bond donors (Lipinski definition) is 2. The average molecular weight is 324 g/mol. The molecule has 1 aliphatic heterocycles. The van der Waals surface area contributed by atoms with Gasteiger partial charge in [-0.15, -0.1) is 0 Å². The molecule has 0 atom stereocenters. The van der Waals surface area contributed by atoms with Gasteiger partial charge in [0.2, 0.25) is 5.78 Å². The highest BCUT2D eigenvalue weighted by Gasteiger charge is 2.25. The molecule has 2 aromatic rings. The lowest BCUT2D eigenvalue weighted by atomic mass is 10.0. The highest BCUT2D eigenvalue weighted by Crippen LogP contribution is 2.23. The fourth-order valence-electron chi connectivity index (χ4n) is 2.26. The standard InChI is InChI=1S/C17H10ClN3O2/c18-11-5-3-4-10(8-11)15(22)13(9-19)16-20-14-7-2-1-6-12(14)17(23)21-16/h1-8,20H,(H,21,23)/b16-13+. The Kier molecular flexibility index (Phi) is 3.83. The maximum absolute atomic E-state index is 12.5. The molecule has 23 heavy (non-hydrogen) atoms. The Balaban J connectivity index is 2.04. The van der Waals surface area contributed by atoms with E-state index in [1.165, 1.54) is 6.07 Å². The number of allylic oxidation sites excluding steroid dienone is 1. The third kappa shape index (κ3) is 2.80. The highest BCUT2D eigenvalue weighted by atomic mass is 35.5. The van der Waals surface area contributed by atoms with Gasteiger partial charge < -0.3 is 10.6 Å². The minimum atomic E-state index is -0.516. The van der Waals surface area contributed by atoms with E-state index in [1.807, 2.05) is 6.07 Å². The first-order valence-corrected chi connectivity index (χ1v) is 7.10. The summed E-state index contributed by atoms with van der Waals surface area (Å²) in [6.07, 6.45) is 0. The van der Waals surface area contributed by atoms with Crippen molar-refractivity contribution in [2.75, 3.05) is 5.32 Å². The van der Waals surface area contributed by atoms with Crippen LogP contribution in [-0.2, 0) is 0 Å². The molecule has 3 rings (SSSR count). The molecule has 6 heteroatoms. The van der Waals surface area contributed by atoms with Gasteiger partial charge in [-0.3, -0.25) is 9.59 Å². The number of rotatable bonds is 2. The van der Waals surface area contributed by atoms with Crippen molar-refractivity contribution in [3.05, 3.63) is 76.1 Å². The van der Waals surface area contributed by atoms with Gasteiger partial charge in [0.1, 0.15) is 17.5 Å². The number of carbonyl (C=O) groups excluding carboxylic acids is 2. The Labute approximate surface area is 137 Å². The summed E-state index contributed by atoms with van der Waals surface area (Å²) in [5, 5.41) is 15.2. The zero-order valence-electron chi connectivity index (χ0n) is 11.8. The predicted molar refractivity (Wildman–Crippen MR) is 86.0 cm³/mol. The van der Waals surface area contributed by atoms with Crippen molar-refractivity contribution >= 4 is 29.0 Å². The van der Waals surface area contributed by atoms with Crippen LogP contribution in [0.2, 0.25) is 5.02 Å². The number of ketones is 1. The normalized spacial score (nSPS) is 14.9. The first-order chi connectivity index (χ1) is 11.1. The molecule has 0 aromatic heterocycles. The molecule has 2 N–H and O–H groups in total. The Morgan fingerprint density at radius 3 is 2.61 bits per heavy atom. The second-order valence-electron chi connectivity index (χ2n) is 4.83. The van der Waals surface area contributed by atoms with Crippen LogP contribution in [0.1, 0.15) is 20.7 Å². The van der Waals surface area contributed by atoms with Crippen LogP contribution in [0, 0.1) is 11.3 Å². The van der Waals surface area contributed by atoms with Gasteiger partial charge >= 0.3 is 0 Å². The summed E-state index contributed by atoms with van der Waals surface area (Å²) >= 11 is 5.88. The lowest BCUT2D eigenvalue weighted by Crippen LogP contribution is -2.34. The minimum Gasteiger partial charge on any atom is -0.340 e. The van der Waals surface area contributed by atoms with Crippen LogP contribution in [0.3, 0.4) is 0 Å². The van der Waals surface area contributed by atoms with E-state index in [4.69, 9.17) is 11.6 Å². The number of nitriles is 1. The number of amides is 1. The number of anilines is 1. The summed E-state index contributed by atoms with van der Waals surface area (Å²) in [7, 11) is 0. The summed E-state index contributed by atoms with van der Waals surface area (Å²) in [6, 6.07) is 15.0. The monoisotopic (exact) mass is 323 g/mol. The largest absolute Gasteiger partial charge is 0.340 e. The van der Waals surface area contributed by atoms with Crippen molar-refractivity contribution in [2.45, 2.75) is 0 Å². The van der Waals surface area contributed by atoms with Crippen molar-refractivity contribution in [1.82, 2.24) is 5.32 Å². The number of Topliss-reactive ketones (excluding diaryl/α,β-unsaturated/α-hetero) is 1. The smallest absolute Gasteiger partial charge is 0.258 e. The highest BCUT2D eigenvalue weighted by molar-refractivity contribution is 6.31. The van der Waals surface area contributed by atoms with Gasteiger partial charge in [0, 0.05) is 10.6 Å². The fraction of sp³-hybridized carbons (Fsp3) is 0. The Morgan fingerprint density at radius 1 is 1.09 bits per heavy atom. The van der Waals surface area contributed by atoms with Crippen molar-refractivity contribution in [1.29, 1.82) is 5.26 Å². The molecular formula is C17H10ClN3O2. The van der Waals surface area contributed by atoms with Gasteiger partial charge in [0.05, 0.1) is 11.3 Å². The maximum atomic E-state index is 12.5. The van der Waals surface area contributed by atoms with E-state index in [0.717, 1.165) is 0 Å². The quantitative estimate of drug-likeness (QED) is 0.505. The summed E-state index contributed by atoms with van der Waals surface area (Å²) in [5.41, 5.74) is 1.08. The van der Waals surface area contributed by atoms with E-state index in [2.05, 4.69) is 10.6 Å². The molecule has 0 radical (unpaired) electrons. The molecule has 0 unspecified atom stereocenters. The third-order valence-corrected chi connectivity index (χ3v) is 3.58. The van der Waals surface area contributed by atoms with E-state index in [9.17, 15) is 14.9 Å². The van der Waals surface area contributed by atoms with Gasteiger partial charge in [-0.05, 0) is 24.3 Å². The van der Waals surface area contributed by atoms with Gasteiger partial charge in [-0.25, -0.2) is 0 Å². The van der Waals surface area contributed by atoms with Crippen LogP contribution < -0.4 is 10.6 Å². The van der Waals surface area contributed by atoms with Crippen molar-refractivity contribution in [3.8, 4) is 6.07 Å². The van der Waals surface area contributed by atoms with Crippen molar-refractivity contribution in [2.24, 2.45) is 0 Å². The first-order valence-electron chi connectivity index (χ1n) is 6.72. The van der Waals surface area contributed by atoms with Crippen LogP contribution in [0.15, 0.2) is 59.9 Å². The Bertz CT molecular complexity index is 897. The molecule has 0 aliphatic carbocycles. The molecule has 112 valence electrons. The molecule has 2 aromatic carbocycles. The van der Waals surface area contributed by atoms with Gasteiger partial charge in [0.15, 0.2) is 0 Å². The van der Waals surface area contributed by atoms with Gasteiger partial charge in [0.25, 0.3) is 5.91 Å². The van der Waals surface area contributed by atoms with Crippen LogP contribution in [0.25, 0.3) is 0 Å². The third-order valence-electron chi connectivity index (χ3n) is 3.35. The van der Waals surface area contributed by atoms with E-state index < -0.39 is 5.78 Å². The number of hydrogen-bond acceptors (Lipinski definition) is 4. The molecule has 1 amide bonds. The summed E-state index contributed by atoms with van der Waals surface area (Å²) in [5.74, 6) is -0.820. The topological polar surface area (TPSA) is 82.0 Å². The molecule has 0 saturated carbocycles. The van der Waals surface area contributed by atoms with Crippen LogP contribution in [-0.4, -0.2) is 11.7 Å². The second kappa shape index (κ2) is 5.95. The SMILES string of the molecule is N#C/C(C(=O)c1cccc(Cl)c1)=C1\NC(=O)c2ccccc2N1. The number of para-hydroxylation sites is 1. The molecule has 1 heterocycles. The van der Waals surface area contributed by atoms with Crippen molar-refractivity contribution in [3.63, 3.8) is 0 Å². The van der Waals surface area contributed by atoms with Gasteiger partial charge in [-0.2, -0.15) is 5.26 Å². The van der Waals surface area contributed by atoms with E-state index in [1.54, 1.807) is 42.5 Å². The molecule has 5 nitrogen and oxygen atoms in total. The number of carbonyl (C=O) groups is 2. The number of benzene rings is 2. The maximum Gasteiger partial charge on any atom is 0.258 e. The molecular weight excluding hydrogens is 314 g/mol. The zero-order valence-corrected chi connectivity index (χ0v) is 12.5. The molecule has 0 bridgehead atoms. The van der Waals surface area contributed by atoms with Crippen molar-refractivity contribution < 1.29 is 9.59 Å². The summed E-state index contributed by atoms with van der Waals surface area (Å²) in [4.78, 5) is 24.6. The van der Waals surface area contributed by atoms with Crippen LogP contribution >= 0.6 is 11.6 Å². The summed E-state index contributed by atoms with van der Waals surface area (Å²) < 4.78 is 0. The average Bonchev–Trinajstić information content (AvgIpc) is 2.55. The lowest BCUT2D eigenvalue weighted by Gasteiger charge is -2.21. The minimum absolute atomic E-state index is 0.0705. The Hall–Kier alpha value is -3.10. The lowest BCUT2D eigenvalue weighted by molar-refractivity contribution is 0.0963. The summed E-state index contributed by atoms with van der Waals surface area (Å²) in [6.45, 7) is 0. The number of nitrogens with one attached hydrogen (secondary N) is 2. The van der Waals surface area contributed by atoms with E-state index in [0.29, 0.717) is 16.3 Å². The molecule has 1 aliphatic rings. The molecule has 0 saturated heterocycles. The second-order valence-corrected chi connectivity index (χ2v) is 5.26. The fourth-order valence-corrected chi connectivity index (χ4v) is 2.45.